The second kappa shape index (κ2) is 13.7. The molecule has 0 spiro atoms. The molecule has 3 N–H and O–H groups in total. The Morgan fingerprint density at radius 3 is 2.05 bits per heavy atom. The summed E-state index contributed by atoms with van der Waals surface area (Å²) in [5.41, 5.74) is 4.38. The maximum Gasteiger partial charge on any atom is 0.303 e. The lowest BCUT2D eigenvalue weighted by molar-refractivity contribution is -0.137. The normalized spacial score (nSPS) is 12.5. The van der Waals surface area contributed by atoms with Crippen molar-refractivity contribution < 1.29 is 24.9 Å². The first-order valence-electron chi connectivity index (χ1n) is 13.5. The second-order valence-electron chi connectivity index (χ2n) is 10.0. The average Bonchev–Trinajstić information content (AvgIpc) is 2.88. The standard InChI is InChI=1S/C32H44O5/c1-7-31(36,8-2)19-18-25-14-15-26(20-23(25)5)32(9-3,10-4)27-16-17-29(24(6)21-27)37-22-28(33)12-11-13-30(34)35/h14-17,20-21,28,33,36H,7-13,22H2,1-6H3,(H,34,35)/t28-/m0/s1. The second-order valence-corrected chi connectivity index (χ2v) is 10.0. The molecule has 0 aliphatic carbocycles. The number of ether oxygens (including phenoxy) is 1. The molecule has 2 aromatic rings. The highest BCUT2D eigenvalue weighted by Crippen LogP contribution is 2.41. The number of aliphatic hydroxyl groups excluding tert-OH is 1. The van der Waals surface area contributed by atoms with Crippen LogP contribution in [-0.2, 0) is 10.2 Å². The van der Waals surface area contributed by atoms with E-state index in [-0.39, 0.29) is 18.4 Å². The molecule has 2 rings (SSSR count). The zero-order valence-corrected chi connectivity index (χ0v) is 23.4. The van der Waals surface area contributed by atoms with Gasteiger partial charge in [0.25, 0.3) is 0 Å². The number of aliphatic hydroxyl groups is 2. The number of aliphatic carboxylic acids is 1. The lowest BCUT2D eigenvalue weighted by Gasteiger charge is -2.34. The van der Waals surface area contributed by atoms with E-state index in [1.54, 1.807) is 0 Å². The van der Waals surface area contributed by atoms with E-state index in [9.17, 15) is 15.0 Å². The number of rotatable bonds is 13. The number of benzene rings is 2. The largest absolute Gasteiger partial charge is 0.491 e. The van der Waals surface area contributed by atoms with Crippen molar-refractivity contribution >= 4 is 5.97 Å². The third kappa shape index (κ3) is 7.84. The number of carbonyl (C=O) groups is 1. The Bertz CT molecular complexity index is 1100. The summed E-state index contributed by atoms with van der Waals surface area (Å²) in [4.78, 5) is 10.7. The number of carboxylic acids is 1. The molecule has 0 aromatic heterocycles. The summed E-state index contributed by atoms with van der Waals surface area (Å²) in [7, 11) is 0. The van der Waals surface area contributed by atoms with Gasteiger partial charge in [0.1, 0.15) is 18.0 Å². The SMILES string of the molecule is CCC(O)(C#Cc1ccc(C(CC)(CC)c2ccc(OC[C@@H](O)CCCC(=O)O)c(C)c2)cc1C)CC. The van der Waals surface area contributed by atoms with E-state index in [1.807, 2.05) is 26.8 Å². The van der Waals surface area contributed by atoms with Crippen LogP contribution in [0.1, 0.15) is 100 Å². The fourth-order valence-corrected chi connectivity index (χ4v) is 4.81. The highest BCUT2D eigenvalue weighted by atomic mass is 16.5. The molecule has 0 aliphatic heterocycles. The summed E-state index contributed by atoms with van der Waals surface area (Å²) in [6.45, 7) is 12.6. The fraction of sp³-hybridized carbons (Fsp3) is 0.531. The van der Waals surface area contributed by atoms with Gasteiger partial charge in [-0.05, 0) is 86.8 Å². The molecule has 0 saturated heterocycles. The third-order valence-electron chi connectivity index (χ3n) is 7.67. The molecule has 1 atom stereocenters. The van der Waals surface area contributed by atoms with Gasteiger partial charge in [-0.15, -0.1) is 0 Å². The van der Waals surface area contributed by atoms with Crippen molar-refractivity contribution in [2.24, 2.45) is 0 Å². The van der Waals surface area contributed by atoms with E-state index in [1.165, 1.54) is 11.1 Å². The van der Waals surface area contributed by atoms with Crippen LogP contribution in [-0.4, -0.2) is 39.6 Å². The number of aryl methyl sites for hydroxylation is 2. The summed E-state index contributed by atoms with van der Waals surface area (Å²) < 4.78 is 5.87. The highest BCUT2D eigenvalue weighted by Gasteiger charge is 2.31. The van der Waals surface area contributed by atoms with Gasteiger partial charge in [0.2, 0.25) is 0 Å². The van der Waals surface area contributed by atoms with Crippen molar-refractivity contribution in [2.75, 3.05) is 6.61 Å². The maximum absolute atomic E-state index is 10.7. The van der Waals surface area contributed by atoms with Crippen LogP contribution in [0.15, 0.2) is 36.4 Å². The Kier molecular flexibility index (Phi) is 11.2. The predicted octanol–water partition coefficient (Wildman–Crippen LogP) is 6.31. The van der Waals surface area contributed by atoms with E-state index < -0.39 is 17.7 Å². The molecule has 0 bridgehead atoms. The van der Waals surface area contributed by atoms with E-state index in [0.717, 1.165) is 35.3 Å². The van der Waals surface area contributed by atoms with Gasteiger partial charge in [-0.3, -0.25) is 4.79 Å². The molecular formula is C32H44O5. The molecule has 0 amide bonds. The van der Waals surface area contributed by atoms with Crippen molar-refractivity contribution in [2.45, 2.75) is 104 Å². The van der Waals surface area contributed by atoms with Gasteiger partial charge in [0.15, 0.2) is 0 Å². The van der Waals surface area contributed by atoms with Crippen LogP contribution >= 0.6 is 0 Å². The van der Waals surface area contributed by atoms with Gasteiger partial charge in [0.05, 0.1) is 6.10 Å². The molecule has 5 heteroatoms. The molecule has 2 aromatic carbocycles. The number of hydrogen-bond donors (Lipinski definition) is 3. The van der Waals surface area contributed by atoms with Crippen molar-refractivity contribution in [3.8, 4) is 17.6 Å². The van der Waals surface area contributed by atoms with Crippen LogP contribution in [0.5, 0.6) is 5.75 Å². The molecular weight excluding hydrogens is 464 g/mol. The summed E-state index contributed by atoms with van der Waals surface area (Å²) in [6, 6.07) is 12.7. The fourth-order valence-electron chi connectivity index (χ4n) is 4.81. The van der Waals surface area contributed by atoms with Gasteiger partial charge in [-0.25, -0.2) is 0 Å². The van der Waals surface area contributed by atoms with E-state index in [4.69, 9.17) is 9.84 Å². The molecule has 202 valence electrons. The number of carboxylic acid groups (broad SMARTS) is 1. The lowest BCUT2D eigenvalue weighted by atomic mass is 9.70. The Hall–Kier alpha value is -2.81. The van der Waals surface area contributed by atoms with Crippen LogP contribution in [0.2, 0.25) is 0 Å². The van der Waals surface area contributed by atoms with Crippen molar-refractivity contribution in [1.29, 1.82) is 0 Å². The van der Waals surface area contributed by atoms with E-state index in [0.29, 0.717) is 25.7 Å². The molecule has 0 fully saturated rings. The molecule has 0 saturated carbocycles. The predicted molar refractivity (Wildman–Crippen MR) is 149 cm³/mol. The zero-order valence-electron chi connectivity index (χ0n) is 23.4. The minimum atomic E-state index is -0.947. The first-order valence-corrected chi connectivity index (χ1v) is 13.5. The average molecular weight is 509 g/mol. The molecule has 0 heterocycles. The minimum Gasteiger partial charge on any atom is -0.491 e. The summed E-state index contributed by atoms with van der Waals surface area (Å²) in [5, 5.41) is 29.4. The third-order valence-corrected chi connectivity index (χ3v) is 7.67. The molecule has 0 unspecified atom stereocenters. The van der Waals surface area contributed by atoms with Gasteiger partial charge in [-0.2, -0.15) is 0 Å². The first-order chi connectivity index (χ1) is 17.5. The Morgan fingerprint density at radius 1 is 0.946 bits per heavy atom. The Labute approximate surface area is 222 Å². The monoisotopic (exact) mass is 508 g/mol. The topological polar surface area (TPSA) is 87.0 Å². The summed E-state index contributed by atoms with van der Waals surface area (Å²) >= 11 is 0. The van der Waals surface area contributed by atoms with Gasteiger partial charge >= 0.3 is 5.97 Å². The van der Waals surface area contributed by atoms with Gasteiger partial charge in [-0.1, -0.05) is 63.8 Å². The van der Waals surface area contributed by atoms with Crippen LogP contribution in [0.4, 0.5) is 0 Å². The summed E-state index contributed by atoms with van der Waals surface area (Å²) in [5.74, 6) is 6.14. The minimum absolute atomic E-state index is 0.0492. The highest BCUT2D eigenvalue weighted by molar-refractivity contribution is 5.66. The van der Waals surface area contributed by atoms with Crippen LogP contribution in [0.3, 0.4) is 0 Å². The molecule has 37 heavy (non-hydrogen) atoms. The molecule has 5 nitrogen and oxygen atoms in total. The first kappa shape index (κ1) is 30.4. The Morgan fingerprint density at radius 2 is 1.54 bits per heavy atom. The van der Waals surface area contributed by atoms with Crippen molar-refractivity contribution in [1.82, 2.24) is 0 Å². The lowest BCUT2D eigenvalue weighted by Crippen LogP contribution is -2.26. The Balaban J connectivity index is 2.27. The van der Waals surface area contributed by atoms with Gasteiger partial charge in [0, 0.05) is 17.4 Å². The zero-order chi connectivity index (χ0) is 27.6. The van der Waals surface area contributed by atoms with Crippen molar-refractivity contribution in [3.63, 3.8) is 0 Å². The van der Waals surface area contributed by atoms with Crippen molar-refractivity contribution in [3.05, 3.63) is 64.2 Å². The quantitative estimate of drug-likeness (QED) is 0.276. The molecule has 0 radical (unpaired) electrons. The van der Waals surface area contributed by atoms with Crippen LogP contribution in [0.25, 0.3) is 0 Å². The van der Waals surface area contributed by atoms with Crippen LogP contribution < -0.4 is 4.74 Å². The van der Waals surface area contributed by atoms with E-state index in [2.05, 4.69) is 62.9 Å². The maximum atomic E-state index is 10.7. The van der Waals surface area contributed by atoms with Gasteiger partial charge < -0.3 is 20.1 Å². The van der Waals surface area contributed by atoms with E-state index >= 15 is 0 Å². The number of hydrogen-bond acceptors (Lipinski definition) is 4. The smallest absolute Gasteiger partial charge is 0.303 e. The molecule has 0 aliphatic rings. The summed E-state index contributed by atoms with van der Waals surface area (Å²) in [6.07, 6.45) is 3.24. The van der Waals surface area contributed by atoms with Crippen LogP contribution in [0, 0.1) is 25.7 Å².